The lowest BCUT2D eigenvalue weighted by molar-refractivity contribution is 0.0765. The van der Waals surface area contributed by atoms with Crippen LogP contribution in [-0.2, 0) is 6.54 Å². The summed E-state index contributed by atoms with van der Waals surface area (Å²) < 4.78 is 2.11. The third kappa shape index (κ3) is 3.15. The second kappa shape index (κ2) is 6.33. The quantitative estimate of drug-likeness (QED) is 0.800. The van der Waals surface area contributed by atoms with Gasteiger partial charge >= 0.3 is 0 Å². The lowest BCUT2D eigenvalue weighted by Crippen LogP contribution is -2.29. The molecule has 1 unspecified atom stereocenters. The number of aliphatic hydroxyl groups is 1. The highest BCUT2D eigenvalue weighted by atomic mass is 16.3. The zero-order chi connectivity index (χ0) is 17.4. The van der Waals surface area contributed by atoms with Crippen molar-refractivity contribution >= 4 is 16.9 Å². The molecule has 0 saturated carbocycles. The van der Waals surface area contributed by atoms with E-state index in [0.29, 0.717) is 25.1 Å². The Bertz CT molecular complexity index is 914. The van der Waals surface area contributed by atoms with Crippen LogP contribution in [0.2, 0.25) is 0 Å². The summed E-state index contributed by atoms with van der Waals surface area (Å²) in [6.45, 7) is 3.84. The van der Waals surface area contributed by atoms with E-state index < -0.39 is 0 Å². The number of benzene rings is 2. The Morgan fingerprint density at radius 1 is 1.24 bits per heavy atom. The lowest BCUT2D eigenvalue weighted by atomic mass is 10.1. The molecule has 1 aromatic heterocycles. The zero-order valence-corrected chi connectivity index (χ0v) is 14.2. The van der Waals surface area contributed by atoms with Crippen LogP contribution >= 0.6 is 0 Å². The topological polar surface area (TPSA) is 58.4 Å². The second-order valence-corrected chi connectivity index (χ2v) is 6.76. The van der Waals surface area contributed by atoms with Crippen molar-refractivity contribution in [1.29, 1.82) is 0 Å². The summed E-state index contributed by atoms with van der Waals surface area (Å²) in [5.74, 6) is -0.00773. The number of rotatable bonds is 3. The number of carbonyl (C=O) groups excluding carboxylic acids is 1. The summed E-state index contributed by atoms with van der Waals surface area (Å²) in [5, 5.41) is 9.58. The number of aliphatic hydroxyl groups excluding tert-OH is 1. The van der Waals surface area contributed by atoms with E-state index in [9.17, 15) is 9.90 Å². The number of aromatic nitrogens is 2. The molecule has 1 aliphatic rings. The molecule has 1 aliphatic heterocycles. The molecule has 1 fully saturated rings. The van der Waals surface area contributed by atoms with Crippen LogP contribution in [0.1, 0.15) is 27.9 Å². The molecular formula is C20H21N3O2. The monoisotopic (exact) mass is 335 g/mol. The number of hydrogen-bond acceptors (Lipinski definition) is 3. The average Bonchev–Trinajstić information content (AvgIpc) is 3.21. The Morgan fingerprint density at radius 2 is 2.04 bits per heavy atom. The highest BCUT2D eigenvalue weighted by molar-refractivity contribution is 5.94. The maximum atomic E-state index is 12.4. The first-order valence-electron chi connectivity index (χ1n) is 8.58. The number of likely N-dealkylation sites (tertiary alicyclic amines) is 1. The summed E-state index contributed by atoms with van der Waals surface area (Å²) in [4.78, 5) is 18.6. The third-order valence-electron chi connectivity index (χ3n) is 4.78. The molecule has 1 N–H and O–H groups in total. The zero-order valence-electron chi connectivity index (χ0n) is 14.2. The van der Waals surface area contributed by atoms with Crippen molar-refractivity contribution in [3.05, 3.63) is 65.5 Å². The van der Waals surface area contributed by atoms with Crippen LogP contribution in [0.4, 0.5) is 0 Å². The van der Waals surface area contributed by atoms with Crippen molar-refractivity contribution in [1.82, 2.24) is 14.5 Å². The molecule has 1 amide bonds. The van der Waals surface area contributed by atoms with Gasteiger partial charge in [-0.05, 0) is 48.7 Å². The maximum absolute atomic E-state index is 12.4. The fourth-order valence-electron chi connectivity index (χ4n) is 3.36. The van der Waals surface area contributed by atoms with E-state index in [1.807, 2.05) is 30.6 Å². The minimum Gasteiger partial charge on any atom is -0.391 e. The summed E-state index contributed by atoms with van der Waals surface area (Å²) in [6, 6.07) is 14.0. The first kappa shape index (κ1) is 15.8. The summed E-state index contributed by atoms with van der Waals surface area (Å²) in [6.07, 6.45) is 2.13. The van der Waals surface area contributed by atoms with Crippen molar-refractivity contribution in [3.63, 3.8) is 0 Å². The molecule has 5 nitrogen and oxygen atoms in total. The molecule has 128 valence electrons. The SMILES string of the molecule is Cc1ccc2c(c1)ncn2Cc1ccc(C(=O)N2CCC(O)C2)cc1. The maximum Gasteiger partial charge on any atom is 0.253 e. The van der Waals surface area contributed by atoms with E-state index in [2.05, 4.69) is 34.7 Å². The van der Waals surface area contributed by atoms with Crippen molar-refractivity contribution in [2.45, 2.75) is 26.0 Å². The molecule has 2 heterocycles. The van der Waals surface area contributed by atoms with Crippen LogP contribution in [0, 0.1) is 6.92 Å². The van der Waals surface area contributed by atoms with Gasteiger partial charge in [0.2, 0.25) is 0 Å². The number of amides is 1. The number of nitrogens with zero attached hydrogens (tertiary/aromatic N) is 3. The van der Waals surface area contributed by atoms with Crippen molar-refractivity contribution in [2.24, 2.45) is 0 Å². The first-order valence-corrected chi connectivity index (χ1v) is 8.58. The van der Waals surface area contributed by atoms with Crippen LogP contribution in [0.3, 0.4) is 0 Å². The standard InChI is InChI=1S/C20H21N3O2/c1-14-2-7-19-18(10-14)21-13-23(19)11-15-3-5-16(6-4-15)20(25)22-9-8-17(24)12-22/h2-7,10,13,17,24H,8-9,11-12H2,1H3. The molecule has 0 bridgehead atoms. The van der Waals surface area contributed by atoms with Gasteiger partial charge in [0.15, 0.2) is 0 Å². The number of aryl methyl sites for hydroxylation is 1. The Labute approximate surface area is 146 Å². The Morgan fingerprint density at radius 3 is 2.76 bits per heavy atom. The van der Waals surface area contributed by atoms with Gasteiger partial charge in [0.05, 0.1) is 23.5 Å². The molecule has 0 spiro atoms. The molecule has 2 aromatic carbocycles. The van der Waals surface area contributed by atoms with Gasteiger partial charge in [-0.25, -0.2) is 4.98 Å². The van der Waals surface area contributed by atoms with E-state index in [4.69, 9.17) is 0 Å². The van der Waals surface area contributed by atoms with Crippen molar-refractivity contribution in [3.8, 4) is 0 Å². The number of imidazole rings is 1. The van der Waals surface area contributed by atoms with Crippen LogP contribution in [0.15, 0.2) is 48.8 Å². The van der Waals surface area contributed by atoms with Crippen LogP contribution in [-0.4, -0.2) is 44.7 Å². The summed E-state index contributed by atoms with van der Waals surface area (Å²) in [7, 11) is 0. The normalized spacial score (nSPS) is 17.4. The molecule has 1 atom stereocenters. The van der Waals surface area contributed by atoms with Crippen LogP contribution in [0.25, 0.3) is 11.0 Å². The molecule has 3 aromatic rings. The van der Waals surface area contributed by atoms with E-state index in [0.717, 1.165) is 23.1 Å². The van der Waals surface area contributed by atoms with Crippen LogP contribution in [0.5, 0.6) is 0 Å². The van der Waals surface area contributed by atoms with Gasteiger partial charge in [-0.3, -0.25) is 4.79 Å². The van der Waals surface area contributed by atoms with Gasteiger partial charge in [0.1, 0.15) is 0 Å². The van der Waals surface area contributed by atoms with E-state index in [-0.39, 0.29) is 12.0 Å². The number of β-amino-alcohol motifs (C(OH)–C–C–N with tert-alkyl or cyclic N) is 1. The Kier molecular flexibility index (Phi) is 4.01. The number of fused-ring (bicyclic) bond motifs is 1. The van der Waals surface area contributed by atoms with Gasteiger partial charge in [0.25, 0.3) is 5.91 Å². The molecular weight excluding hydrogens is 314 g/mol. The highest BCUT2D eigenvalue weighted by Gasteiger charge is 2.25. The van der Waals surface area contributed by atoms with E-state index in [1.165, 1.54) is 5.56 Å². The fraction of sp³-hybridized carbons (Fsp3) is 0.300. The van der Waals surface area contributed by atoms with Gasteiger partial charge < -0.3 is 14.6 Å². The third-order valence-corrected chi connectivity index (χ3v) is 4.78. The predicted octanol–water partition coefficient (Wildman–Crippen LogP) is 2.60. The van der Waals surface area contributed by atoms with Gasteiger partial charge in [-0.15, -0.1) is 0 Å². The molecule has 1 saturated heterocycles. The van der Waals surface area contributed by atoms with Crippen molar-refractivity contribution < 1.29 is 9.90 Å². The van der Waals surface area contributed by atoms with Gasteiger partial charge in [0, 0.05) is 25.2 Å². The molecule has 25 heavy (non-hydrogen) atoms. The highest BCUT2D eigenvalue weighted by Crippen LogP contribution is 2.18. The summed E-state index contributed by atoms with van der Waals surface area (Å²) in [5.41, 5.74) is 5.10. The van der Waals surface area contributed by atoms with Crippen molar-refractivity contribution in [2.75, 3.05) is 13.1 Å². The number of carbonyl (C=O) groups is 1. The molecule has 0 radical (unpaired) electrons. The van der Waals surface area contributed by atoms with Gasteiger partial charge in [-0.2, -0.15) is 0 Å². The fourth-order valence-corrected chi connectivity index (χ4v) is 3.36. The minimum atomic E-state index is -0.388. The number of hydrogen-bond donors (Lipinski definition) is 1. The second-order valence-electron chi connectivity index (χ2n) is 6.76. The molecule has 5 heteroatoms. The van der Waals surface area contributed by atoms with Crippen LogP contribution < -0.4 is 0 Å². The largest absolute Gasteiger partial charge is 0.391 e. The Balaban J connectivity index is 1.51. The van der Waals surface area contributed by atoms with Gasteiger partial charge in [-0.1, -0.05) is 18.2 Å². The summed E-state index contributed by atoms with van der Waals surface area (Å²) >= 11 is 0. The first-order chi connectivity index (χ1) is 12.1. The smallest absolute Gasteiger partial charge is 0.253 e. The molecule has 4 rings (SSSR count). The lowest BCUT2D eigenvalue weighted by Gasteiger charge is -2.15. The molecule has 0 aliphatic carbocycles. The average molecular weight is 335 g/mol. The Hall–Kier alpha value is -2.66. The minimum absolute atomic E-state index is 0.00773. The van der Waals surface area contributed by atoms with E-state index in [1.54, 1.807) is 4.90 Å². The van der Waals surface area contributed by atoms with E-state index >= 15 is 0 Å². The predicted molar refractivity (Wildman–Crippen MR) is 96.5 cm³/mol.